The van der Waals surface area contributed by atoms with E-state index in [0.717, 1.165) is 12.8 Å². The SMILES string of the molecule is CC(C)(C)CCCCCCCCCC#Cc1c(F)ccc(C#N)c1C#N. The van der Waals surface area contributed by atoms with Crippen LogP contribution in [-0.2, 0) is 0 Å². The van der Waals surface area contributed by atoms with Gasteiger partial charge in [-0.2, -0.15) is 10.5 Å². The molecule has 0 fully saturated rings. The molecule has 3 heteroatoms. The lowest BCUT2D eigenvalue weighted by atomic mass is 9.89. The number of hydrogen-bond acceptors (Lipinski definition) is 2. The fourth-order valence-electron chi connectivity index (χ4n) is 2.81. The van der Waals surface area contributed by atoms with E-state index in [2.05, 4.69) is 32.6 Å². The predicted octanol–water partition coefficient (Wildman–Crippen LogP) is 6.48. The number of nitriles is 2. The second-order valence-corrected chi connectivity index (χ2v) is 7.91. The molecule has 0 N–H and O–H groups in total. The normalized spacial score (nSPS) is 10.5. The molecule has 0 saturated carbocycles. The summed E-state index contributed by atoms with van der Waals surface area (Å²) in [6.07, 6.45) is 10.5. The second kappa shape index (κ2) is 11.3. The molecule has 26 heavy (non-hydrogen) atoms. The minimum Gasteiger partial charge on any atom is -0.206 e. The van der Waals surface area contributed by atoms with Crippen LogP contribution in [0.2, 0.25) is 0 Å². The highest BCUT2D eigenvalue weighted by molar-refractivity contribution is 5.56. The van der Waals surface area contributed by atoms with Gasteiger partial charge in [0.25, 0.3) is 0 Å². The van der Waals surface area contributed by atoms with Crippen molar-refractivity contribution >= 4 is 0 Å². The van der Waals surface area contributed by atoms with Crippen LogP contribution in [0.3, 0.4) is 0 Å². The third kappa shape index (κ3) is 8.18. The van der Waals surface area contributed by atoms with Gasteiger partial charge in [0.05, 0.1) is 16.7 Å². The highest BCUT2D eigenvalue weighted by atomic mass is 19.1. The Morgan fingerprint density at radius 1 is 0.846 bits per heavy atom. The number of benzene rings is 1. The van der Waals surface area contributed by atoms with Crippen LogP contribution in [0.15, 0.2) is 12.1 Å². The van der Waals surface area contributed by atoms with Crippen molar-refractivity contribution in [2.24, 2.45) is 5.41 Å². The van der Waals surface area contributed by atoms with Gasteiger partial charge in [0.15, 0.2) is 0 Å². The van der Waals surface area contributed by atoms with E-state index in [1.807, 2.05) is 12.1 Å². The standard InChI is InChI=1S/C23H29FN2/c1-23(2,3)16-12-10-8-6-4-5-7-9-11-13-20-21(18-26)19(17-25)14-15-22(20)24/h14-15H,4-10,12,16H2,1-3H3. The molecular formula is C23H29FN2. The van der Waals surface area contributed by atoms with Gasteiger partial charge in [-0.3, -0.25) is 0 Å². The first-order valence-corrected chi connectivity index (χ1v) is 9.50. The molecule has 2 nitrogen and oxygen atoms in total. The minimum atomic E-state index is -0.539. The topological polar surface area (TPSA) is 47.6 Å². The van der Waals surface area contributed by atoms with Crippen molar-refractivity contribution in [3.63, 3.8) is 0 Å². The Balaban J connectivity index is 2.28. The van der Waals surface area contributed by atoms with Crippen molar-refractivity contribution in [3.8, 4) is 24.0 Å². The molecule has 0 aliphatic carbocycles. The van der Waals surface area contributed by atoms with Crippen LogP contribution in [0.5, 0.6) is 0 Å². The van der Waals surface area contributed by atoms with Gasteiger partial charge in [0.1, 0.15) is 18.0 Å². The third-order valence-electron chi connectivity index (χ3n) is 4.33. The molecule has 0 amide bonds. The summed E-state index contributed by atoms with van der Waals surface area (Å²) in [5.74, 6) is 5.15. The van der Waals surface area contributed by atoms with Gasteiger partial charge in [0.2, 0.25) is 0 Å². The molecule has 0 bridgehead atoms. The highest BCUT2D eigenvalue weighted by Gasteiger charge is 2.11. The largest absolute Gasteiger partial charge is 0.206 e. The lowest BCUT2D eigenvalue weighted by Crippen LogP contribution is -2.03. The summed E-state index contributed by atoms with van der Waals surface area (Å²) in [6.45, 7) is 6.86. The highest BCUT2D eigenvalue weighted by Crippen LogP contribution is 2.22. The summed E-state index contributed by atoms with van der Waals surface area (Å²) in [5.41, 5.74) is 0.696. The summed E-state index contributed by atoms with van der Waals surface area (Å²) in [4.78, 5) is 0. The Bertz CT molecular complexity index is 718. The van der Waals surface area contributed by atoms with Crippen LogP contribution in [0.4, 0.5) is 4.39 Å². The van der Waals surface area contributed by atoms with Gasteiger partial charge < -0.3 is 0 Å². The van der Waals surface area contributed by atoms with Gasteiger partial charge in [-0.1, -0.05) is 71.1 Å². The van der Waals surface area contributed by atoms with Crippen molar-refractivity contribution in [2.75, 3.05) is 0 Å². The molecule has 1 rings (SSSR count). The Labute approximate surface area is 158 Å². The molecule has 138 valence electrons. The van der Waals surface area contributed by atoms with Gasteiger partial charge in [-0.15, -0.1) is 0 Å². The summed E-state index contributed by atoms with van der Waals surface area (Å²) >= 11 is 0. The summed E-state index contributed by atoms with van der Waals surface area (Å²) in [7, 11) is 0. The van der Waals surface area contributed by atoms with E-state index in [0.29, 0.717) is 11.8 Å². The summed E-state index contributed by atoms with van der Waals surface area (Å²) in [5, 5.41) is 18.1. The summed E-state index contributed by atoms with van der Waals surface area (Å²) < 4.78 is 13.8. The molecule has 0 atom stereocenters. The lowest BCUT2D eigenvalue weighted by Gasteiger charge is -2.17. The molecule has 0 radical (unpaired) electrons. The van der Waals surface area contributed by atoms with Crippen LogP contribution < -0.4 is 0 Å². The van der Waals surface area contributed by atoms with Gasteiger partial charge in [0, 0.05) is 6.42 Å². The monoisotopic (exact) mass is 352 g/mol. The predicted molar refractivity (Wildman–Crippen MR) is 104 cm³/mol. The van der Waals surface area contributed by atoms with E-state index in [9.17, 15) is 4.39 Å². The average molecular weight is 352 g/mol. The van der Waals surface area contributed by atoms with Crippen LogP contribution >= 0.6 is 0 Å². The van der Waals surface area contributed by atoms with Gasteiger partial charge >= 0.3 is 0 Å². The van der Waals surface area contributed by atoms with Crippen LogP contribution in [0, 0.1) is 45.7 Å². The number of hydrogen-bond donors (Lipinski definition) is 0. The molecule has 0 heterocycles. The Hall–Kier alpha value is -2.31. The third-order valence-corrected chi connectivity index (χ3v) is 4.33. The van der Waals surface area contributed by atoms with Crippen molar-refractivity contribution in [3.05, 3.63) is 34.6 Å². The maximum absolute atomic E-state index is 13.8. The zero-order valence-corrected chi connectivity index (χ0v) is 16.3. The van der Waals surface area contributed by atoms with Crippen LogP contribution in [-0.4, -0.2) is 0 Å². The molecule has 0 unspecified atom stereocenters. The lowest BCUT2D eigenvalue weighted by molar-refractivity contribution is 0.356. The maximum atomic E-state index is 13.8. The average Bonchev–Trinajstić information content (AvgIpc) is 2.59. The zero-order chi connectivity index (χ0) is 19.4. The number of unbranched alkanes of at least 4 members (excludes halogenated alkanes) is 7. The second-order valence-electron chi connectivity index (χ2n) is 7.91. The zero-order valence-electron chi connectivity index (χ0n) is 16.3. The molecule has 0 aliphatic rings. The van der Waals surface area contributed by atoms with Crippen molar-refractivity contribution < 1.29 is 4.39 Å². The maximum Gasteiger partial charge on any atom is 0.140 e. The molecule has 1 aromatic carbocycles. The molecule has 1 aromatic rings. The quantitative estimate of drug-likeness (QED) is 0.397. The molecular weight excluding hydrogens is 323 g/mol. The van der Waals surface area contributed by atoms with E-state index in [1.165, 1.54) is 50.7 Å². The fraction of sp³-hybridized carbons (Fsp3) is 0.565. The minimum absolute atomic E-state index is 0.0373. The van der Waals surface area contributed by atoms with E-state index in [1.54, 1.807) is 0 Å². The first kappa shape index (κ1) is 21.7. The van der Waals surface area contributed by atoms with Crippen molar-refractivity contribution in [1.82, 2.24) is 0 Å². The smallest absolute Gasteiger partial charge is 0.140 e. The fourth-order valence-corrected chi connectivity index (χ4v) is 2.81. The number of nitrogens with zero attached hydrogens (tertiary/aromatic N) is 2. The number of rotatable bonds is 8. The number of halogens is 1. The molecule has 0 aromatic heterocycles. The first-order valence-electron chi connectivity index (χ1n) is 9.50. The molecule has 0 spiro atoms. The van der Waals surface area contributed by atoms with E-state index >= 15 is 0 Å². The molecule has 0 saturated heterocycles. The van der Waals surface area contributed by atoms with E-state index in [4.69, 9.17) is 10.5 Å². The summed E-state index contributed by atoms with van der Waals surface area (Å²) in [6, 6.07) is 6.31. The van der Waals surface area contributed by atoms with E-state index < -0.39 is 5.82 Å². The van der Waals surface area contributed by atoms with Crippen LogP contribution in [0.25, 0.3) is 0 Å². The van der Waals surface area contributed by atoms with Crippen molar-refractivity contribution in [2.45, 2.75) is 78.6 Å². The Morgan fingerprint density at radius 3 is 2.04 bits per heavy atom. The Morgan fingerprint density at radius 2 is 1.46 bits per heavy atom. The van der Waals surface area contributed by atoms with Crippen molar-refractivity contribution in [1.29, 1.82) is 10.5 Å². The Kier molecular flexibility index (Phi) is 9.47. The van der Waals surface area contributed by atoms with Gasteiger partial charge in [-0.05, 0) is 30.4 Å². The van der Waals surface area contributed by atoms with Crippen LogP contribution in [0.1, 0.15) is 95.2 Å². The first-order chi connectivity index (χ1) is 12.4. The van der Waals surface area contributed by atoms with Gasteiger partial charge in [-0.25, -0.2) is 4.39 Å². The van der Waals surface area contributed by atoms with E-state index in [-0.39, 0.29) is 16.7 Å². The molecule has 0 aliphatic heterocycles.